The summed E-state index contributed by atoms with van der Waals surface area (Å²) in [6, 6.07) is 4.12. The summed E-state index contributed by atoms with van der Waals surface area (Å²) in [5, 5.41) is 2.98. The molecule has 21 heavy (non-hydrogen) atoms. The molecule has 0 saturated carbocycles. The number of hydrogen-bond donors (Lipinski definition) is 2. The van der Waals surface area contributed by atoms with E-state index in [1.807, 2.05) is 13.8 Å². The van der Waals surface area contributed by atoms with Crippen molar-refractivity contribution in [3.63, 3.8) is 0 Å². The van der Waals surface area contributed by atoms with Gasteiger partial charge in [0.1, 0.15) is 23.6 Å². The summed E-state index contributed by atoms with van der Waals surface area (Å²) >= 11 is 0. The second-order valence-electron chi connectivity index (χ2n) is 4.58. The Morgan fingerprint density at radius 3 is 2.71 bits per heavy atom. The molecule has 1 aromatic heterocycles. The number of ether oxygens (including phenoxy) is 2. The maximum atomic E-state index is 13.2. The van der Waals surface area contributed by atoms with Crippen LogP contribution in [0, 0.1) is 5.82 Å². The molecule has 1 heterocycles. The molecular formula is C14H17FN4O2. The van der Waals surface area contributed by atoms with Crippen LogP contribution in [0.3, 0.4) is 0 Å². The molecule has 112 valence electrons. The summed E-state index contributed by atoms with van der Waals surface area (Å²) in [7, 11) is 1.45. The lowest BCUT2D eigenvalue weighted by Gasteiger charge is -2.15. The summed E-state index contributed by atoms with van der Waals surface area (Å²) in [5.74, 6) is 0.616. The minimum Gasteiger partial charge on any atom is -0.494 e. The number of benzene rings is 1. The molecule has 3 N–H and O–H groups in total. The van der Waals surface area contributed by atoms with Gasteiger partial charge in [0.2, 0.25) is 5.88 Å². The summed E-state index contributed by atoms with van der Waals surface area (Å²) < 4.78 is 23.8. The fourth-order valence-electron chi connectivity index (χ4n) is 1.69. The topological polar surface area (TPSA) is 82.3 Å². The van der Waals surface area contributed by atoms with E-state index in [9.17, 15) is 4.39 Å². The average molecular weight is 292 g/mol. The standard InChI is InChI=1S/C14H17FN4O2/c1-8(2)21-14-12(16)13(17-7-18-14)19-10-5-4-9(15)6-11(10)20-3/h4-8H,16H2,1-3H3,(H,17,18,19). The monoisotopic (exact) mass is 292 g/mol. The predicted octanol–water partition coefficient (Wildman–Crippen LogP) is 2.74. The Morgan fingerprint density at radius 2 is 2.05 bits per heavy atom. The quantitative estimate of drug-likeness (QED) is 0.881. The van der Waals surface area contributed by atoms with Crippen LogP contribution in [0.1, 0.15) is 13.8 Å². The van der Waals surface area contributed by atoms with Crippen molar-refractivity contribution >= 4 is 17.2 Å². The number of nitrogens with two attached hydrogens (primary N) is 1. The van der Waals surface area contributed by atoms with Gasteiger partial charge in [-0.25, -0.2) is 9.37 Å². The number of methoxy groups -OCH3 is 1. The molecule has 0 aliphatic heterocycles. The maximum absolute atomic E-state index is 13.2. The van der Waals surface area contributed by atoms with Gasteiger partial charge < -0.3 is 20.5 Å². The van der Waals surface area contributed by atoms with Gasteiger partial charge in [-0.3, -0.25) is 0 Å². The van der Waals surface area contributed by atoms with Crippen LogP contribution in [0.25, 0.3) is 0 Å². The van der Waals surface area contributed by atoms with Crippen molar-refractivity contribution in [3.05, 3.63) is 30.3 Å². The van der Waals surface area contributed by atoms with Gasteiger partial charge in [0.25, 0.3) is 0 Å². The third-order valence-corrected chi connectivity index (χ3v) is 2.61. The molecule has 0 aliphatic rings. The smallest absolute Gasteiger partial charge is 0.242 e. The number of nitrogens with zero attached hydrogens (tertiary/aromatic N) is 2. The molecule has 6 nitrogen and oxygen atoms in total. The van der Waals surface area contributed by atoms with Crippen molar-refractivity contribution in [1.82, 2.24) is 9.97 Å². The first-order chi connectivity index (χ1) is 10.0. The molecular weight excluding hydrogens is 275 g/mol. The maximum Gasteiger partial charge on any atom is 0.242 e. The van der Waals surface area contributed by atoms with Crippen molar-refractivity contribution < 1.29 is 13.9 Å². The zero-order valence-corrected chi connectivity index (χ0v) is 12.1. The third-order valence-electron chi connectivity index (χ3n) is 2.61. The van der Waals surface area contributed by atoms with Gasteiger partial charge in [-0.05, 0) is 26.0 Å². The first-order valence-corrected chi connectivity index (χ1v) is 6.39. The fourth-order valence-corrected chi connectivity index (χ4v) is 1.69. The number of aromatic nitrogens is 2. The van der Waals surface area contributed by atoms with Gasteiger partial charge in [-0.15, -0.1) is 0 Å². The summed E-state index contributed by atoms with van der Waals surface area (Å²) in [5.41, 5.74) is 6.79. The summed E-state index contributed by atoms with van der Waals surface area (Å²) in [6.45, 7) is 3.75. The molecule has 0 atom stereocenters. The molecule has 0 aliphatic carbocycles. The van der Waals surface area contributed by atoms with E-state index < -0.39 is 5.82 Å². The first kappa shape index (κ1) is 14.8. The lowest BCUT2D eigenvalue weighted by Crippen LogP contribution is -2.11. The van der Waals surface area contributed by atoms with Crippen molar-refractivity contribution in [2.24, 2.45) is 0 Å². The zero-order valence-electron chi connectivity index (χ0n) is 12.1. The van der Waals surface area contributed by atoms with Crippen LogP contribution in [-0.4, -0.2) is 23.2 Å². The van der Waals surface area contributed by atoms with Crippen LogP contribution in [-0.2, 0) is 0 Å². The van der Waals surface area contributed by atoms with Gasteiger partial charge in [0.15, 0.2) is 5.82 Å². The minimum absolute atomic E-state index is 0.0598. The zero-order chi connectivity index (χ0) is 15.4. The van der Waals surface area contributed by atoms with Crippen LogP contribution < -0.4 is 20.5 Å². The van der Waals surface area contributed by atoms with Crippen LogP contribution in [0.2, 0.25) is 0 Å². The Kier molecular flexibility index (Phi) is 4.42. The highest BCUT2D eigenvalue weighted by molar-refractivity contribution is 5.74. The van der Waals surface area contributed by atoms with Crippen molar-refractivity contribution in [1.29, 1.82) is 0 Å². The molecule has 0 fully saturated rings. The van der Waals surface area contributed by atoms with E-state index in [2.05, 4.69) is 15.3 Å². The van der Waals surface area contributed by atoms with Crippen molar-refractivity contribution in [2.45, 2.75) is 20.0 Å². The molecule has 1 aromatic carbocycles. The Morgan fingerprint density at radius 1 is 1.29 bits per heavy atom. The summed E-state index contributed by atoms with van der Waals surface area (Å²) in [4.78, 5) is 8.05. The van der Waals surface area contributed by atoms with E-state index in [-0.39, 0.29) is 11.8 Å². The number of hydrogen-bond acceptors (Lipinski definition) is 6. The third kappa shape index (κ3) is 3.50. The minimum atomic E-state index is -0.392. The lowest BCUT2D eigenvalue weighted by atomic mass is 10.2. The molecule has 7 heteroatoms. The van der Waals surface area contributed by atoms with Crippen molar-refractivity contribution in [3.8, 4) is 11.6 Å². The van der Waals surface area contributed by atoms with Gasteiger partial charge >= 0.3 is 0 Å². The lowest BCUT2D eigenvalue weighted by molar-refractivity contribution is 0.234. The molecule has 0 unspecified atom stereocenters. The second-order valence-corrected chi connectivity index (χ2v) is 4.58. The largest absolute Gasteiger partial charge is 0.494 e. The van der Waals surface area contributed by atoms with Gasteiger partial charge in [-0.1, -0.05) is 0 Å². The van der Waals surface area contributed by atoms with Gasteiger partial charge in [0, 0.05) is 6.07 Å². The summed E-state index contributed by atoms with van der Waals surface area (Å²) in [6.07, 6.45) is 1.28. The Bertz CT molecular complexity index is 634. The van der Waals surface area contributed by atoms with E-state index in [1.54, 1.807) is 6.07 Å². The van der Waals surface area contributed by atoms with Crippen LogP contribution in [0.4, 0.5) is 21.6 Å². The van der Waals surface area contributed by atoms with Crippen LogP contribution in [0.15, 0.2) is 24.5 Å². The number of nitrogens with one attached hydrogen (secondary N) is 1. The normalized spacial score (nSPS) is 10.5. The predicted molar refractivity (Wildman–Crippen MR) is 78.4 cm³/mol. The number of anilines is 3. The first-order valence-electron chi connectivity index (χ1n) is 6.39. The molecule has 0 amide bonds. The van der Waals surface area contributed by atoms with Crippen molar-refractivity contribution in [2.75, 3.05) is 18.2 Å². The Hall–Kier alpha value is -2.57. The highest BCUT2D eigenvalue weighted by atomic mass is 19.1. The van der Waals surface area contributed by atoms with Crippen LogP contribution in [0.5, 0.6) is 11.6 Å². The van der Waals surface area contributed by atoms with E-state index in [0.717, 1.165) is 0 Å². The number of halogens is 1. The Balaban J connectivity index is 2.32. The molecule has 0 radical (unpaired) electrons. The molecule has 2 rings (SSSR count). The van der Waals surface area contributed by atoms with E-state index >= 15 is 0 Å². The van der Waals surface area contributed by atoms with Gasteiger partial charge in [-0.2, -0.15) is 4.98 Å². The second kappa shape index (κ2) is 6.25. The molecule has 2 aromatic rings. The highest BCUT2D eigenvalue weighted by Crippen LogP contribution is 2.32. The van der Waals surface area contributed by atoms with Crippen LogP contribution >= 0.6 is 0 Å². The highest BCUT2D eigenvalue weighted by Gasteiger charge is 2.13. The Labute approximate surface area is 122 Å². The number of rotatable bonds is 5. The van der Waals surface area contributed by atoms with E-state index in [0.29, 0.717) is 23.1 Å². The fraction of sp³-hybridized carbons (Fsp3) is 0.286. The number of nitrogen functional groups attached to an aromatic ring is 1. The SMILES string of the molecule is COc1cc(F)ccc1Nc1ncnc(OC(C)C)c1N. The van der Waals surface area contributed by atoms with E-state index in [1.165, 1.54) is 25.6 Å². The average Bonchev–Trinajstić information content (AvgIpc) is 2.44. The molecule has 0 saturated heterocycles. The van der Waals surface area contributed by atoms with Gasteiger partial charge in [0.05, 0.1) is 18.9 Å². The molecule has 0 bridgehead atoms. The van der Waals surface area contributed by atoms with E-state index in [4.69, 9.17) is 15.2 Å². The molecule has 0 spiro atoms.